The second-order valence-electron chi connectivity index (χ2n) is 5.48. The number of hydrogen-bond donors (Lipinski definition) is 1. The van der Waals surface area contributed by atoms with E-state index in [0.717, 1.165) is 5.56 Å². The highest BCUT2D eigenvalue weighted by molar-refractivity contribution is 6.40. The number of halogens is 2. The first-order chi connectivity index (χ1) is 12.9. The molecular weight excluding hydrogens is 393 g/mol. The van der Waals surface area contributed by atoms with Crippen LogP contribution < -0.4 is 14.8 Å². The zero-order chi connectivity index (χ0) is 20.0. The summed E-state index contributed by atoms with van der Waals surface area (Å²) in [7, 11) is 1.50. The molecule has 0 spiro atoms. The van der Waals surface area contributed by atoms with E-state index in [4.69, 9.17) is 37.4 Å². The van der Waals surface area contributed by atoms with Crippen LogP contribution in [0.2, 0.25) is 10.0 Å². The molecule has 2 aromatic carbocycles. The van der Waals surface area contributed by atoms with E-state index in [2.05, 4.69) is 5.32 Å². The van der Waals surface area contributed by atoms with Gasteiger partial charge in [-0.3, -0.25) is 4.79 Å². The largest absolute Gasteiger partial charge is 0.493 e. The summed E-state index contributed by atoms with van der Waals surface area (Å²) in [5.41, 5.74) is 1.27. The molecule has 1 N–H and O–H groups in total. The lowest BCUT2D eigenvalue weighted by atomic mass is 10.2. The molecule has 27 heavy (non-hydrogen) atoms. The van der Waals surface area contributed by atoms with Crippen molar-refractivity contribution >= 4 is 40.8 Å². The molecule has 8 heteroatoms. The summed E-state index contributed by atoms with van der Waals surface area (Å²) >= 11 is 12.2. The third-order valence-corrected chi connectivity index (χ3v) is 4.38. The molecule has 0 saturated heterocycles. The number of rotatable bonds is 7. The number of methoxy groups -OCH3 is 1. The molecule has 0 saturated carbocycles. The van der Waals surface area contributed by atoms with Crippen LogP contribution in [0.1, 0.15) is 22.8 Å². The molecule has 0 aromatic heterocycles. The Morgan fingerprint density at radius 3 is 2.52 bits per heavy atom. The smallest absolute Gasteiger partial charge is 0.338 e. The van der Waals surface area contributed by atoms with Crippen molar-refractivity contribution in [2.24, 2.45) is 0 Å². The first-order valence-electron chi connectivity index (χ1n) is 8.09. The van der Waals surface area contributed by atoms with Gasteiger partial charge in [0.25, 0.3) is 5.91 Å². The minimum Gasteiger partial charge on any atom is -0.493 e. The standard InChI is InChI=1S/C19H19Cl2NO5/c1-4-26-15-9-12(6-8-14(15)25-3)19(24)27-10-16(23)22-18-13(20)7-5-11(2)17(18)21/h5-9H,4,10H2,1-3H3,(H,22,23). The lowest BCUT2D eigenvalue weighted by Gasteiger charge is -2.12. The summed E-state index contributed by atoms with van der Waals surface area (Å²) in [6, 6.07) is 7.97. The molecule has 0 unspecified atom stereocenters. The molecule has 0 fully saturated rings. The Morgan fingerprint density at radius 1 is 1.11 bits per heavy atom. The van der Waals surface area contributed by atoms with Crippen LogP contribution in [0.5, 0.6) is 11.5 Å². The van der Waals surface area contributed by atoms with E-state index in [1.807, 2.05) is 6.92 Å². The van der Waals surface area contributed by atoms with Crippen molar-refractivity contribution in [3.05, 3.63) is 51.5 Å². The number of amides is 1. The molecule has 2 aromatic rings. The lowest BCUT2D eigenvalue weighted by molar-refractivity contribution is -0.119. The van der Waals surface area contributed by atoms with Crippen molar-refractivity contribution in [2.75, 3.05) is 25.6 Å². The van der Waals surface area contributed by atoms with Gasteiger partial charge < -0.3 is 19.5 Å². The minimum absolute atomic E-state index is 0.235. The Labute approximate surface area is 167 Å². The van der Waals surface area contributed by atoms with Gasteiger partial charge in [-0.2, -0.15) is 0 Å². The van der Waals surface area contributed by atoms with Crippen molar-refractivity contribution < 1.29 is 23.8 Å². The Morgan fingerprint density at radius 2 is 1.85 bits per heavy atom. The molecule has 6 nitrogen and oxygen atoms in total. The SMILES string of the molecule is CCOc1cc(C(=O)OCC(=O)Nc2c(Cl)ccc(C)c2Cl)ccc1OC. The van der Waals surface area contributed by atoms with Crippen molar-refractivity contribution in [1.82, 2.24) is 0 Å². The van der Waals surface area contributed by atoms with Crippen LogP contribution >= 0.6 is 23.2 Å². The number of nitrogens with one attached hydrogen (secondary N) is 1. The number of hydrogen-bond acceptors (Lipinski definition) is 5. The summed E-state index contributed by atoms with van der Waals surface area (Å²) in [4.78, 5) is 24.3. The number of carbonyl (C=O) groups excluding carboxylic acids is 2. The van der Waals surface area contributed by atoms with Crippen LogP contribution in [0, 0.1) is 6.92 Å². The topological polar surface area (TPSA) is 73.9 Å². The highest BCUT2D eigenvalue weighted by Crippen LogP contribution is 2.33. The van der Waals surface area contributed by atoms with Gasteiger partial charge in [-0.05, 0) is 43.7 Å². The van der Waals surface area contributed by atoms with E-state index in [1.165, 1.54) is 19.2 Å². The van der Waals surface area contributed by atoms with Crippen LogP contribution in [0.25, 0.3) is 0 Å². The summed E-state index contributed by atoms with van der Waals surface area (Å²) < 4.78 is 15.6. The van der Waals surface area contributed by atoms with Crippen molar-refractivity contribution in [2.45, 2.75) is 13.8 Å². The van der Waals surface area contributed by atoms with Crippen LogP contribution in [0.3, 0.4) is 0 Å². The van der Waals surface area contributed by atoms with E-state index >= 15 is 0 Å². The number of aryl methyl sites for hydroxylation is 1. The molecule has 0 aliphatic rings. The molecule has 0 radical (unpaired) electrons. The maximum absolute atomic E-state index is 12.2. The van der Waals surface area contributed by atoms with Gasteiger partial charge in [-0.15, -0.1) is 0 Å². The van der Waals surface area contributed by atoms with Crippen LogP contribution in [0.15, 0.2) is 30.3 Å². The van der Waals surface area contributed by atoms with Crippen molar-refractivity contribution in [3.8, 4) is 11.5 Å². The quantitative estimate of drug-likeness (QED) is 0.678. The number of carbonyl (C=O) groups is 2. The Balaban J connectivity index is 2.02. The Kier molecular flexibility index (Phi) is 7.33. The lowest BCUT2D eigenvalue weighted by Crippen LogP contribution is -2.21. The maximum atomic E-state index is 12.2. The molecular formula is C19H19Cl2NO5. The van der Waals surface area contributed by atoms with Gasteiger partial charge in [0.05, 0.1) is 35.0 Å². The van der Waals surface area contributed by atoms with Crippen molar-refractivity contribution in [1.29, 1.82) is 0 Å². The van der Waals surface area contributed by atoms with Gasteiger partial charge in [0.1, 0.15) is 0 Å². The number of benzene rings is 2. The van der Waals surface area contributed by atoms with E-state index in [-0.39, 0.29) is 11.3 Å². The number of esters is 1. The molecule has 1 amide bonds. The average Bonchev–Trinajstić information content (AvgIpc) is 2.66. The predicted molar refractivity (Wildman–Crippen MR) is 104 cm³/mol. The number of ether oxygens (including phenoxy) is 3. The fourth-order valence-corrected chi connectivity index (χ4v) is 2.70. The van der Waals surface area contributed by atoms with Crippen LogP contribution in [-0.4, -0.2) is 32.2 Å². The van der Waals surface area contributed by atoms with E-state index < -0.39 is 18.5 Å². The monoisotopic (exact) mass is 411 g/mol. The second-order valence-corrected chi connectivity index (χ2v) is 6.26. The highest BCUT2D eigenvalue weighted by Gasteiger charge is 2.16. The van der Waals surface area contributed by atoms with E-state index in [0.29, 0.717) is 28.2 Å². The first kappa shape index (κ1) is 20.9. The molecule has 2 rings (SSSR count). The third-order valence-electron chi connectivity index (χ3n) is 3.58. The second kappa shape index (κ2) is 9.48. The Bertz CT molecular complexity index is 854. The molecule has 0 aliphatic carbocycles. The summed E-state index contributed by atoms with van der Waals surface area (Å²) in [6.07, 6.45) is 0. The van der Waals surface area contributed by atoms with Crippen LogP contribution in [-0.2, 0) is 9.53 Å². The average molecular weight is 412 g/mol. The van der Waals surface area contributed by atoms with Gasteiger partial charge in [-0.25, -0.2) is 4.79 Å². The summed E-state index contributed by atoms with van der Waals surface area (Å²) in [5, 5.41) is 3.18. The maximum Gasteiger partial charge on any atom is 0.338 e. The van der Waals surface area contributed by atoms with E-state index in [9.17, 15) is 9.59 Å². The van der Waals surface area contributed by atoms with Gasteiger partial charge in [0, 0.05) is 0 Å². The van der Waals surface area contributed by atoms with Gasteiger partial charge in [0.2, 0.25) is 0 Å². The van der Waals surface area contributed by atoms with Crippen molar-refractivity contribution in [3.63, 3.8) is 0 Å². The Hall–Kier alpha value is -2.44. The predicted octanol–water partition coefficient (Wildman–Crippen LogP) is 4.50. The number of anilines is 1. The molecule has 0 atom stereocenters. The molecule has 0 aliphatic heterocycles. The highest BCUT2D eigenvalue weighted by atomic mass is 35.5. The molecule has 0 bridgehead atoms. The van der Waals surface area contributed by atoms with Gasteiger partial charge >= 0.3 is 5.97 Å². The zero-order valence-electron chi connectivity index (χ0n) is 15.1. The zero-order valence-corrected chi connectivity index (χ0v) is 16.6. The summed E-state index contributed by atoms with van der Waals surface area (Å²) in [6.45, 7) is 3.52. The first-order valence-corrected chi connectivity index (χ1v) is 8.85. The van der Waals surface area contributed by atoms with Crippen LogP contribution in [0.4, 0.5) is 5.69 Å². The van der Waals surface area contributed by atoms with Gasteiger partial charge in [-0.1, -0.05) is 29.3 Å². The van der Waals surface area contributed by atoms with Gasteiger partial charge in [0.15, 0.2) is 18.1 Å². The summed E-state index contributed by atoms with van der Waals surface area (Å²) in [5.74, 6) is -0.321. The molecule has 0 heterocycles. The minimum atomic E-state index is -0.671. The fourth-order valence-electron chi connectivity index (χ4n) is 2.23. The third kappa shape index (κ3) is 5.28. The fraction of sp³-hybridized carbons (Fsp3) is 0.263. The molecule has 144 valence electrons. The normalized spacial score (nSPS) is 10.3. The van der Waals surface area contributed by atoms with E-state index in [1.54, 1.807) is 25.1 Å².